The molecule has 2 saturated carbocycles. The molecule has 0 bridgehead atoms. The van der Waals surface area contributed by atoms with Crippen LogP contribution < -0.4 is 23.1 Å². The van der Waals surface area contributed by atoms with Crippen LogP contribution >= 0.6 is 314 Å². The van der Waals surface area contributed by atoms with Gasteiger partial charge in [-0.05, 0) is 221 Å². The van der Waals surface area contributed by atoms with Crippen LogP contribution in [0.3, 0.4) is 0 Å². The standard InChI is InChI=1S/C41H48N2.C21H24ClN.C21H26.I23/c1-27-22-30(26-31(23-27)43-37-15-11-10-14-34(37)40(8)20-12-13-21-41(40,43)9)42-35-18-16-28(38(2,3)4)24-32(35)33-25-29(39(5,6)7)17-19-36(33)42;1-15-12-16(22)14-17(13-15)23-19-9-5-4-8-18(19)20(2)10-6-7-11-21(20,23)3;1-20(2,3)16-9-7-14-11-15-8-10-17(21(4,5)6)13-19(15)18(14)12-16;1-13-15(4)17(6)19(8)21(10)23(12)22(11)20(9)18(7)16(5)14(2)3/h10-11,14-19,22-26H,12-13,20-21H2,1-9H3;4-5,8-9,12-14H,6-7,10-11H2,1-3H3;7-10,12-13H,11H2,1-6H3;/q;;;-1. The van der Waals surface area contributed by atoms with Crippen LogP contribution in [-0.4, -0.2) is 15.6 Å². The number of aryl methyl sites for hydroxylation is 2. The van der Waals surface area contributed by atoms with E-state index in [-0.39, 0.29) is 59.4 Å². The quantitative estimate of drug-likeness (QED) is 0.107. The first-order valence-corrected chi connectivity index (χ1v) is 175. The molecule has 3 aliphatic carbocycles. The topological polar surface area (TPSA) is 11.4 Å². The second kappa shape index (κ2) is 42.0. The van der Waals surface area contributed by atoms with Crippen LogP contribution in [0.2, 0.25) is 5.02 Å². The van der Waals surface area contributed by atoms with Gasteiger partial charge in [0.1, 0.15) is 0 Å². The van der Waals surface area contributed by atoms with E-state index >= 15 is 0 Å². The maximum absolute atomic E-state index is 6.38. The van der Waals surface area contributed by atoms with E-state index in [1.807, 2.05) is 6.07 Å². The van der Waals surface area contributed by atoms with E-state index in [1.165, 1.54) is 168 Å². The van der Waals surface area contributed by atoms with E-state index in [0.29, 0.717) is 13.3 Å². The SMILES string of the molecule is CC(C)(C)c1ccc2c(c1)-c1cc(C(C)(C)C)ccc1C2.Cc1cc(Cl)cc(N2c3ccccc3C3(C)CCCCC23C)c1.Cc1cc(N2c3ccccc3C3(C)CCCCC23C)cc(-n2c3ccc(C(C)(C)C)cc3c3cc(C(C)(C)C)ccc32)c1.I[I-]I(I)I(I)I(I)I(I)I(I)I(I)I(I)I(I)I(I)I(I)I. The molecule has 0 amide bonds. The fourth-order valence-electron chi connectivity index (χ4n) is 16.6. The van der Waals surface area contributed by atoms with Gasteiger partial charge in [-0.3, -0.25) is 0 Å². The first-order valence-electron chi connectivity index (χ1n) is 36.0. The number of halogens is 24. The van der Waals surface area contributed by atoms with E-state index in [4.69, 9.17) is 11.6 Å². The number of hydrogen-bond donors (Lipinski definition) is 0. The van der Waals surface area contributed by atoms with Gasteiger partial charge in [-0.25, -0.2) is 0 Å². The van der Waals surface area contributed by atoms with E-state index in [2.05, 4.69) is 514 Å². The summed E-state index contributed by atoms with van der Waals surface area (Å²) in [5.74, 6) is 0. The van der Waals surface area contributed by atoms with Crippen LogP contribution in [0.25, 0.3) is 38.6 Å². The van der Waals surface area contributed by atoms with Gasteiger partial charge in [-0.1, -0.05) is 219 Å². The molecule has 8 aromatic carbocycles. The molecule has 3 heterocycles. The summed E-state index contributed by atoms with van der Waals surface area (Å²) >= 11 is 44.0. The van der Waals surface area contributed by atoms with Crippen molar-refractivity contribution >= 4 is 358 Å². The molecule has 4 unspecified atom stereocenters. The second-order valence-corrected chi connectivity index (χ2v) is 538. The fraction of sp³-hybridized carbons (Fsp3) is 0.422. The third-order valence-electron chi connectivity index (χ3n) is 22.8. The molecule has 5 aliphatic rings. The Morgan fingerprint density at radius 1 is 0.382 bits per heavy atom. The van der Waals surface area contributed by atoms with Gasteiger partial charge in [0, 0.05) is 55.1 Å². The summed E-state index contributed by atoms with van der Waals surface area (Å²) < 4.78 is 2.52. The number of anilines is 4. The van der Waals surface area contributed by atoms with Crippen LogP contribution in [0.4, 0.5) is 22.7 Å². The van der Waals surface area contributed by atoms with Gasteiger partial charge >= 0.3 is 316 Å². The van der Waals surface area contributed by atoms with Crippen LogP contribution in [0.1, 0.15) is 218 Å². The Morgan fingerprint density at radius 3 is 1.12 bits per heavy atom. The predicted molar refractivity (Wildman–Crippen MR) is 685 cm³/mol. The summed E-state index contributed by atoms with van der Waals surface area (Å²) in [5, 5.41) is 3.51. The van der Waals surface area contributed by atoms with Crippen molar-refractivity contribution in [2.45, 2.75) is 226 Å². The van der Waals surface area contributed by atoms with Crippen molar-refractivity contribution in [1.82, 2.24) is 4.57 Å². The van der Waals surface area contributed by atoms with E-state index in [0.717, 1.165) is 11.4 Å². The van der Waals surface area contributed by atoms with Crippen molar-refractivity contribution in [3.63, 3.8) is 0 Å². The van der Waals surface area contributed by atoms with Crippen molar-refractivity contribution in [3.8, 4) is 16.8 Å². The Labute approximate surface area is 825 Å². The molecule has 9 aromatic rings. The van der Waals surface area contributed by atoms with E-state index in [9.17, 15) is 0 Å². The molecule has 2 aliphatic heterocycles. The Bertz CT molecular complexity index is 4660. The molecule has 4 atom stereocenters. The first-order chi connectivity index (χ1) is 51.3. The molecular weight excluding hydrogens is 3990 g/mol. The summed E-state index contributed by atoms with van der Waals surface area (Å²) in [6.07, 6.45) is 11.2. The Balaban J connectivity index is 0.000000154. The number of aromatic nitrogens is 1. The molecule has 0 spiro atoms. The van der Waals surface area contributed by atoms with Gasteiger partial charge in [0.25, 0.3) is 0 Å². The predicted octanol–water partition coefficient (Wildman–Crippen LogP) is 40.2. The van der Waals surface area contributed by atoms with Gasteiger partial charge in [0.05, 0.1) is 22.1 Å². The summed E-state index contributed by atoms with van der Waals surface area (Å²) in [4.78, 5) is 5.28. The number of fused-ring (bicyclic) bond motifs is 12. The minimum absolute atomic E-state index is 0.0457. The van der Waals surface area contributed by atoms with Crippen molar-refractivity contribution in [1.29, 1.82) is 0 Å². The molecule has 2 fully saturated rings. The maximum atomic E-state index is 6.38. The van der Waals surface area contributed by atoms with Gasteiger partial charge in [-0.2, -0.15) is 0 Å². The van der Waals surface area contributed by atoms with Crippen LogP contribution in [-0.2, 0) is 38.9 Å². The van der Waals surface area contributed by atoms with Crippen LogP contribution in [0.5, 0.6) is 0 Å². The zero-order valence-corrected chi connectivity index (χ0v) is 115. The van der Waals surface area contributed by atoms with Gasteiger partial charge in [-0.15, -0.1) is 0 Å². The molecule has 0 N–H and O–H groups in total. The molecule has 1 aromatic heterocycles. The minimum atomic E-state index is -0.448. The molecule has 0 saturated heterocycles. The fourth-order valence-corrected chi connectivity index (χ4v) is 3580. The summed E-state index contributed by atoms with van der Waals surface area (Å²) in [6.45, 7) is 42.0. The monoisotopic (exact) mass is 4090 g/mol. The number of benzene rings is 8. The number of nitrogens with zero attached hydrogens (tertiary/aromatic N) is 3. The summed E-state index contributed by atoms with van der Waals surface area (Å²) in [7, 11) is -4.05. The van der Waals surface area contributed by atoms with E-state index < -0.39 is 63.2 Å². The average Bonchev–Trinajstić information content (AvgIpc) is 1.54. The molecule has 0 radical (unpaired) electrons. The number of para-hydroxylation sites is 2. The molecule has 110 heavy (non-hydrogen) atoms. The number of hydrogen-bond acceptors (Lipinski definition) is 2. The zero-order chi connectivity index (χ0) is 80.7. The van der Waals surface area contributed by atoms with Gasteiger partial charge in [0.15, 0.2) is 0 Å². The van der Waals surface area contributed by atoms with Gasteiger partial charge < -0.3 is 14.4 Å². The molecule has 3 nitrogen and oxygen atoms in total. The van der Waals surface area contributed by atoms with E-state index in [1.54, 1.807) is 0 Å². The normalized spacial score (nSPS) is 21.3. The first kappa shape index (κ1) is 101. The third kappa shape index (κ3) is 22.3. The van der Waals surface area contributed by atoms with Crippen molar-refractivity contribution in [2.24, 2.45) is 0 Å². The second-order valence-electron chi connectivity index (χ2n) is 33.7. The zero-order valence-electron chi connectivity index (χ0n) is 64.8. The Hall–Kier alpha value is 10.2. The van der Waals surface area contributed by atoms with Crippen molar-refractivity contribution in [3.05, 3.63) is 218 Å². The number of rotatable bonds is 13. The molecular formula is C83H98ClI23N3-. The average molecular weight is 4090 g/mol. The summed E-state index contributed by atoms with van der Waals surface area (Å²) in [5.41, 5.74) is 27.2. The van der Waals surface area contributed by atoms with Gasteiger partial charge in [0.2, 0.25) is 0 Å². The van der Waals surface area contributed by atoms with Crippen molar-refractivity contribution < 1.29 is 13.3 Å². The molecule has 14 rings (SSSR count). The van der Waals surface area contributed by atoms with Crippen molar-refractivity contribution in [2.75, 3.05) is 9.80 Å². The van der Waals surface area contributed by atoms with Crippen LogP contribution in [0.15, 0.2) is 158 Å². The Morgan fingerprint density at radius 2 is 0.727 bits per heavy atom. The molecule has 614 valence electrons. The summed E-state index contributed by atoms with van der Waals surface area (Å²) in [6, 6.07) is 60.2. The molecule has 27 heteroatoms. The third-order valence-corrected chi connectivity index (χ3v) is 1590. The Kier molecular flexibility index (Phi) is 38.5. The van der Waals surface area contributed by atoms with Crippen LogP contribution in [0, 0.1) is 13.8 Å².